The summed E-state index contributed by atoms with van der Waals surface area (Å²) in [5.41, 5.74) is 1.85. The number of aromatic nitrogens is 3. The van der Waals surface area contributed by atoms with Gasteiger partial charge in [-0.3, -0.25) is 9.78 Å². The van der Waals surface area contributed by atoms with Crippen LogP contribution in [-0.4, -0.2) is 28.0 Å². The number of methoxy groups -OCH3 is 1. The molecule has 1 unspecified atom stereocenters. The van der Waals surface area contributed by atoms with Crippen molar-refractivity contribution in [2.24, 2.45) is 5.92 Å². The molecular formula is C14H17N3O2. The summed E-state index contributed by atoms with van der Waals surface area (Å²) in [5.74, 6) is 0.101. The van der Waals surface area contributed by atoms with Crippen LogP contribution in [0.1, 0.15) is 25.6 Å². The van der Waals surface area contributed by atoms with Crippen molar-refractivity contribution in [3.8, 4) is 11.3 Å². The summed E-state index contributed by atoms with van der Waals surface area (Å²) < 4.78 is 4.83. The molecule has 0 aliphatic carbocycles. The number of hydrogen-bond acceptors (Lipinski definition) is 4. The van der Waals surface area contributed by atoms with Crippen molar-refractivity contribution in [2.75, 3.05) is 7.11 Å². The number of imidazole rings is 1. The number of nitrogens with one attached hydrogen (secondary N) is 1. The van der Waals surface area contributed by atoms with Crippen LogP contribution < -0.4 is 0 Å². The molecule has 5 nitrogen and oxygen atoms in total. The van der Waals surface area contributed by atoms with Gasteiger partial charge in [0.25, 0.3) is 0 Å². The molecule has 0 aliphatic heterocycles. The normalized spacial score (nSPS) is 12.4. The van der Waals surface area contributed by atoms with Crippen LogP contribution in [0.3, 0.4) is 0 Å². The van der Waals surface area contributed by atoms with Gasteiger partial charge < -0.3 is 9.72 Å². The Bertz CT molecular complexity index is 549. The maximum atomic E-state index is 11.8. The average molecular weight is 259 g/mol. The molecule has 0 amide bonds. The molecule has 0 saturated heterocycles. The second-order valence-electron chi connectivity index (χ2n) is 4.66. The lowest BCUT2D eigenvalue weighted by molar-refractivity contribution is -0.143. The van der Waals surface area contributed by atoms with E-state index >= 15 is 0 Å². The highest BCUT2D eigenvalue weighted by atomic mass is 16.5. The molecule has 2 aromatic rings. The fourth-order valence-corrected chi connectivity index (χ4v) is 2.00. The summed E-state index contributed by atoms with van der Waals surface area (Å²) in [7, 11) is 1.39. The predicted octanol–water partition coefficient (Wildman–Crippen LogP) is 2.38. The second-order valence-corrected chi connectivity index (χ2v) is 4.66. The molecule has 2 aromatic heterocycles. The number of carbonyl (C=O) groups is 1. The molecule has 0 bridgehead atoms. The summed E-state index contributed by atoms with van der Waals surface area (Å²) in [6.07, 6.45) is 5.16. The van der Waals surface area contributed by atoms with E-state index in [1.54, 1.807) is 18.6 Å². The molecule has 0 aliphatic rings. The Morgan fingerprint density at radius 2 is 2.00 bits per heavy atom. The van der Waals surface area contributed by atoms with Gasteiger partial charge in [0.05, 0.1) is 19.0 Å². The molecule has 0 saturated carbocycles. The van der Waals surface area contributed by atoms with Crippen molar-refractivity contribution < 1.29 is 9.53 Å². The maximum Gasteiger partial charge on any atom is 0.316 e. The summed E-state index contributed by atoms with van der Waals surface area (Å²) in [4.78, 5) is 23.3. The van der Waals surface area contributed by atoms with Gasteiger partial charge in [-0.2, -0.15) is 0 Å². The molecule has 0 aromatic carbocycles. The van der Waals surface area contributed by atoms with Crippen LogP contribution in [0.15, 0.2) is 30.7 Å². The third kappa shape index (κ3) is 2.81. The molecule has 100 valence electrons. The monoisotopic (exact) mass is 259 g/mol. The topological polar surface area (TPSA) is 67.9 Å². The van der Waals surface area contributed by atoms with E-state index in [0.717, 1.165) is 11.3 Å². The molecule has 5 heteroatoms. The summed E-state index contributed by atoms with van der Waals surface area (Å²) in [6.45, 7) is 3.94. The first-order chi connectivity index (χ1) is 9.13. The lowest BCUT2D eigenvalue weighted by atomic mass is 9.95. The van der Waals surface area contributed by atoms with E-state index in [1.807, 2.05) is 26.0 Å². The Labute approximate surface area is 112 Å². The minimum absolute atomic E-state index is 0.115. The van der Waals surface area contributed by atoms with Crippen LogP contribution >= 0.6 is 0 Å². The minimum Gasteiger partial charge on any atom is -0.468 e. The van der Waals surface area contributed by atoms with Gasteiger partial charge in [-0.15, -0.1) is 0 Å². The second kappa shape index (κ2) is 5.65. The van der Waals surface area contributed by atoms with Gasteiger partial charge in [0.2, 0.25) is 0 Å². The standard InChI is InChI=1S/C14H17N3O2/c1-9(2)12(14(18)19-3)13-16-8-11(17-13)10-4-6-15-7-5-10/h4-9,12H,1-3H3,(H,16,17). The molecule has 0 fully saturated rings. The van der Waals surface area contributed by atoms with E-state index in [0.29, 0.717) is 5.82 Å². The number of aromatic amines is 1. The number of esters is 1. The van der Waals surface area contributed by atoms with Gasteiger partial charge in [-0.1, -0.05) is 13.8 Å². The van der Waals surface area contributed by atoms with Crippen molar-refractivity contribution in [1.82, 2.24) is 15.0 Å². The van der Waals surface area contributed by atoms with Gasteiger partial charge >= 0.3 is 5.97 Å². The Balaban J connectivity index is 2.32. The zero-order chi connectivity index (χ0) is 13.8. The highest BCUT2D eigenvalue weighted by Crippen LogP contribution is 2.25. The van der Waals surface area contributed by atoms with E-state index in [-0.39, 0.29) is 17.8 Å². The Kier molecular flexibility index (Phi) is 3.94. The predicted molar refractivity (Wildman–Crippen MR) is 71.4 cm³/mol. The Hall–Kier alpha value is -2.17. The van der Waals surface area contributed by atoms with Gasteiger partial charge in [0.1, 0.15) is 11.7 Å². The van der Waals surface area contributed by atoms with E-state index < -0.39 is 0 Å². The van der Waals surface area contributed by atoms with E-state index in [4.69, 9.17) is 4.74 Å². The van der Waals surface area contributed by atoms with Crippen molar-refractivity contribution >= 4 is 5.97 Å². The van der Waals surface area contributed by atoms with Crippen LogP contribution in [0.2, 0.25) is 0 Å². The van der Waals surface area contributed by atoms with Crippen molar-refractivity contribution in [3.05, 3.63) is 36.5 Å². The van der Waals surface area contributed by atoms with Gasteiger partial charge in [0.15, 0.2) is 0 Å². The fraction of sp³-hybridized carbons (Fsp3) is 0.357. The quantitative estimate of drug-likeness (QED) is 0.856. The highest BCUT2D eigenvalue weighted by molar-refractivity contribution is 5.77. The van der Waals surface area contributed by atoms with E-state index in [1.165, 1.54) is 7.11 Å². The van der Waals surface area contributed by atoms with Crippen LogP contribution in [0, 0.1) is 5.92 Å². The summed E-state index contributed by atoms with van der Waals surface area (Å²) in [6, 6.07) is 3.78. The molecule has 0 radical (unpaired) electrons. The van der Waals surface area contributed by atoms with Crippen LogP contribution in [0.5, 0.6) is 0 Å². The zero-order valence-corrected chi connectivity index (χ0v) is 11.3. The highest BCUT2D eigenvalue weighted by Gasteiger charge is 2.27. The number of hydrogen-bond donors (Lipinski definition) is 1. The minimum atomic E-state index is -0.374. The number of carbonyl (C=O) groups excluding carboxylic acids is 1. The van der Waals surface area contributed by atoms with Crippen molar-refractivity contribution in [1.29, 1.82) is 0 Å². The van der Waals surface area contributed by atoms with Gasteiger partial charge in [-0.05, 0) is 18.1 Å². The first-order valence-electron chi connectivity index (χ1n) is 6.16. The van der Waals surface area contributed by atoms with Crippen LogP contribution in [0.4, 0.5) is 0 Å². The number of ether oxygens (including phenoxy) is 1. The number of pyridine rings is 1. The van der Waals surface area contributed by atoms with Gasteiger partial charge in [0, 0.05) is 18.0 Å². The molecule has 2 heterocycles. The summed E-state index contributed by atoms with van der Waals surface area (Å²) >= 11 is 0. The average Bonchev–Trinajstić information content (AvgIpc) is 2.88. The van der Waals surface area contributed by atoms with Crippen LogP contribution in [0.25, 0.3) is 11.3 Å². The summed E-state index contributed by atoms with van der Waals surface area (Å²) in [5, 5.41) is 0. The number of nitrogens with zero attached hydrogens (tertiary/aromatic N) is 2. The van der Waals surface area contributed by atoms with Gasteiger partial charge in [-0.25, -0.2) is 4.98 Å². The molecule has 0 spiro atoms. The Morgan fingerprint density at radius 1 is 1.32 bits per heavy atom. The molecule has 1 atom stereocenters. The Morgan fingerprint density at radius 3 is 2.58 bits per heavy atom. The third-order valence-electron chi connectivity index (χ3n) is 3.00. The SMILES string of the molecule is COC(=O)C(c1ncc(-c2ccncc2)[nH]1)C(C)C. The van der Waals surface area contributed by atoms with E-state index in [9.17, 15) is 4.79 Å². The molecular weight excluding hydrogens is 242 g/mol. The van der Waals surface area contributed by atoms with Crippen molar-refractivity contribution in [3.63, 3.8) is 0 Å². The first kappa shape index (κ1) is 13.3. The number of rotatable bonds is 4. The lowest BCUT2D eigenvalue weighted by Gasteiger charge is -2.15. The number of H-pyrrole nitrogens is 1. The zero-order valence-electron chi connectivity index (χ0n) is 11.3. The fourth-order valence-electron chi connectivity index (χ4n) is 2.00. The molecule has 2 rings (SSSR count). The van der Waals surface area contributed by atoms with E-state index in [2.05, 4.69) is 15.0 Å². The molecule has 19 heavy (non-hydrogen) atoms. The van der Waals surface area contributed by atoms with Crippen LogP contribution in [-0.2, 0) is 9.53 Å². The lowest BCUT2D eigenvalue weighted by Crippen LogP contribution is -2.20. The van der Waals surface area contributed by atoms with Crippen molar-refractivity contribution in [2.45, 2.75) is 19.8 Å². The molecule has 1 N–H and O–H groups in total. The smallest absolute Gasteiger partial charge is 0.316 e. The third-order valence-corrected chi connectivity index (χ3v) is 3.00. The largest absolute Gasteiger partial charge is 0.468 e. The first-order valence-corrected chi connectivity index (χ1v) is 6.16. The maximum absolute atomic E-state index is 11.8.